The number of amides is 1. The van der Waals surface area contributed by atoms with Crippen molar-refractivity contribution < 1.29 is 28.4 Å². The molecule has 0 aliphatic carbocycles. The van der Waals surface area contributed by atoms with Gasteiger partial charge in [0.15, 0.2) is 0 Å². The molecule has 0 unspecified atom stereocenters. The molecule has 1 aliphatic heterocycles. The zero-order valence-corrected chi connectivity index (χ0v) is 19.6. The minimum Gasteiger partial charge on any atom is -0.465 e. The molecule has 9 heteroatoms. The van der Waals surface area contributed by atoms with E-state index in [2.05, 4.69) is 5.32 Å². The van der Waals surface area contributed by atoms with Crippen LogP contribution in [0.5, 0.6) is 0 Å². The molecule has 0 atom stereocenters. The Morgan fingerprint density at radius 2 is 1.74 bits per heavy atom. The molecule has 0 radical (unpaired) electrons. The van der Waals surface area contributed by atoms with Crippen LogP contribution >= 0.6 is 0 Å². The zero-order chi connectivity index (χ0) is 23.6. The summed E-state index contributed by atoms with van der Waals surface area (Å²) in [5.41, 5.74) is 6.48. The van der Waals surface area contributed by atoms with Crippen molar-refractivity contribution in [1.82, 2.24) is 5.32 Å². The van der Waals surface area contributed by atoms with Gasteiger partial charge < -0.3 is 29.8 Å². The highest BCUT2D eigenvalue weighted by atomic mass is 16.7. The first-order chi connectivity index (χ1) is 14.1. The van der Waals surface area contributed by atoms with Crippen LogP contribution in [0.15, 0.2) is 23.7 Å². The van der Waals surface area contributed by atoms with Crippen LogP contribution in [-0.4, -0.2) is 49.6 Å². The Bertz CT molecular complexity index is 857. The van der Waals surface area contributed by atoms with Crippen LogP contribution in [0.25, 0.3) is 6.08 Å². The molecule has 2 rings (SSSR count). The molecule has 8 nitrogen and oxygen atoms in total. The highest BCUT2D eigenvalue weighted by molar-refractivity contribution is 6.56. The molecule has 31 heavy (non-hydrogen) atoms. The summed E-state index contributed by atoms with van der Waals surface area (Å²) < 4.78 is 22.4. The molecule has 1 heterocycles. The average Bonchev–Trinajstić information content (AvgIpc) is 2.84. The lowest BCUT2D eigenvalue weighted by Gasteiger charge is -2.32. The van der Waals surface area contributed by atoms with Gasteiger partial charge in [-0.15, -0.1) is 0 Å². The number of methoxy groups -OCH3 is 1. The second-order valence-corrected chi connectivity index (χ2v) is 9.50. The molecule has 0 bridgehead atoms. The molecule has 1 aliphatic rings. The first-order valence-electron chi connectivity index (χ1n) is 10.2. The van der Waals surface area contributed by atoms with Crippen molar-refractivity contribution in [3.8, 4) is 0 Å². The highest BCUT2D eigenvalue weighted by Crippen LogP contribution is 2.39. The van der Waals surface area contributed by atoms with Crippen LogP contribution in [-0.2, 0) is 18.8 Å². The number of nitrogens with one attached hydrogen (secondary N) is 1. The summed E-state index contributed by atoms with van der Waals surface area (Å²) in [6, 6.07) is 4.87. The second kappa shape index (κ2) is 8.92. The van der Waals surface area contributed by atoms with E-state index in [0.717, 1.165) is 0 Å². The largest absolute Gasteiger partial charge is 0.492 e. The number of carbonyl (C=O) groups excluding carboxylic acids is 2. The van der Waals surface area contributed by atoms with Crippen molar-refractivity contribution in [1.29, 1.82) is 0 Å². The number of alkyl carbamates (subject to hydrolysis) is 1. The van der Waals surface area contributed by atoms with Crippen molar-refractivity contribution in [2.45, 2.75) is 65.3 Å². The van der Waals surface area contributed by atoms with Gasteiger partial charge in [0.2, 0.25) is 0 Å². The predicted molar refractivity (Wildman–Crippen MR) is 120 cm³/mol. The number of nitrogen functional groups attached to an aromatic ring is 1. The second-order valence-electron chi connectivity index (χ2n) is 9.50. The third kappa shape index (κ3) is 6.24. The third-order valence-electron chi connectivity index (χ3n) is 5.24. The molecular formula is C22H33BN2O6. The number of carbonyl (C=O) groups is 2. The van der Waals surface area contributed by atoms with Gasteiger partial charge in [0.25, 0.3) is 0 Å². The van der Waals surface area contributed by atoms with Crippen molar-refractivity contribution in [3.63, 3.8) is 0 Å². The van der Waals surface area contributed by atoms with Gasteiger partial charge in [-0.1, -0.05) is 12.1 Å². The van der Waals surface area contributed by atoms with E-state index in [9.17, 15) is 9.59 Å². The Labute approximate surface area is 184 Å². The minimum absolute atomic E-state index is 0.129. The molecule has 1 aromatic carbocycles. The quantitative estimate of drug-likeness (QED) is 0.416. The standard InChI is InChI=1S/C22H33BN2O6/c1-20(2,3)29-19(27)25-13-16(23-30-21(4,5)22(6,7)31-23)11-14-9-10-15(12-17(14)24)18(26)28-8/h9-12H,13,24H2,1-8H3,(H,25,27). The summed E-state index contributed by atoms with van der Waals surface area (Å²) in [7, 11) is 0.616. The van der Waals surface area contributed by atoms with Gasteiger partial charge in [-0.25, -0.2) is 9.59 Å². The maximum atomic E-state index is 12.2. The van der Waals surface area contributed by atoms with Crippen LogP contribution in [0.3, 0.4) is 0 Å². The van der Waals surface area contributed by atoms with E-state index in [1.54, 1.807) is 45.0 Å². The monoisotopic (exact) mass is 432 g/mol. The maximum Gasteiger partial charge on any atom is 0.492 e. The van der Waals surface area contributed by atoms with Gasteiger partial charge in [0.1, 0.15) is 5.60 Å². The fourth-order valence-corrected chi connectivity index (χ4v) is 2.84. The maximum absolute atomic E-state index is 12.2. The molecule has 0 saturated carbocycles. The summed E-state index contributed by atoms with van der Waals surface area (Å²) in [6.45, 7) is 13.3. The fourth-order valence-electron chi connectivity index (χ4n) is 2.84. The topological polar surface area (TPSA) is 109 Å². The number of rotatable bonds is 5. The van der Waals surface area contributed by atoms with Crippen LogP contribution < -0.4 is 11.1 Å². The minimum atomic E-state index is -0.695. The molecule has 0 aromatic heterocycles. The lowest BCUT2D eigenvalue weighted by Crippen LogP contribution is -2.41. The molecule has 1 aromatic rings. The Hall–Kier alpha value is -2.52. The summed E-state index contributed by atoms with van der Waals surface area (Å²) in [5.74, 6) is -0.472. The van der Waals surface area contributed by atoms with Gasteiger partial charge in [-0.3, -0.25) is 0 Å². The molecule has 3 N–H and O–H groups in total. The molecule has 1 saturated heterocycles. The summed E-state index contributed by atoms with van der Waals surface area (Å²) >= 11 is 0. The number of benzene rings is 1. The van der Waals surface area contributed by atoms with Crippen LogP contribution in [0, 0.1) is 0 Å². The Kier molecular flexibility index (Phi) is 7.12. The number of ether oxygens (including phenoxy) is 2. The molecule has 0 spiro atoms. The smallest absolute Gasteiger partial charge is 0.465 e. The van der Waals surface area contributed by atoms with Gasteiger partial charge in [0, 0.05) is 12.2 Å². The third-order valence-corrected chi connectivity index (χ3v) is 5.24. The summed E-state index contributed by atoms with van der Waals surface area (Å²) in [6.07, 6.45) is 1.24. The van der Waals surface area contributed by atoms with Crippen LogP contribution in [0.1, 0.15) is 64.4 Å². The number of anilines is 1. The van der Waals surface area contributed by atoms with Crippen molar-refractivity contribution in [2.75, 3.05) is 19.4 Å². The van der Waals surface area contributed by atoms with E-state index in [4.69, 9.17) is 24.5 Å². The van der Waals surface area contributed by atoms with Crippen LogP contribution in [0.2, 0.25) is 0 Å². The average molecular weight is 432 g/mol. The Balaban J connectivity index is 2.34. The SMILES string of the molecule is COC(=O)c1ccc(C=C(CNC(=O)OC(C)(C)C)B2OC(C)(C)C(C)(C)O2)c(N)c1. The first-order valence-corrected chi connectivity index (χ1v) is 10.2. The Morgan fingerprint density at radius 3 is 2.23 bits per heavy atom. The highest BCUT2D eigenvalue weighted by Gasteiger charge is 2.52. The van der Waals surface area contributed by atoms with E-state index in [0.29, 0.717) is 22.3 Å². The summed E-state index contributed by atoms with van der Waals surface area (Å²) in [5, 5.41) is 2.74. The van der Waals surface area contributed by atoms with Crippen molar-refractivity contribution >= 4 is 30.9 Å². The zero-order valence-electron chi connectivity index (χ0n) is 19.6. The molecule has 1 fully saturated rings. The number of hydrogen-bond acceptors (Lipinski definition) is 7. The lowest BCUT2D eigenvalue weighted by molar-refractivity contribution is 0.00578. The van der Waals surface area contributed by atoms with E-state index >= 15 is 0 Å². The molecular weight excluding hydrogens is 399 g/mol. The number of nitrogens with two attached hydrogens (primary N) is 1. The summed E-state index contributed by atoms with van der Waals surface area (Å²) in [4.78, 5) is 23.9. The van der Waals surface area contributed by atoms with Gasteiger partial charge in [0.05, 0.1) is 23.9 Å². The Morgan fingerprint density at radius 1 is 1.16 bits per heavy atom. The van der Waals surface area contributed by atoms with Crippen molar-refractivity contribution in [2.24, 2.45) is 0 Å². The fraction of sp³-hybridized carbons (Fsp3) is 0.545. The first kappa shape index (κ1) is 24.8. The van der Waals surface area contributed by atoms with Gasteiger partial charge in [-0.05, 0) is 71.6 Å². The predicted octanol–water partition coefficient (Wildman–Crippen LogP) is 3.59. The normalized spacial score (nSPS) is 17.9. The van der Waals surface area contributed by atoms with E-state index in [1.165, 1.54) is 7.11 Å². The number of esters is 1. The van der Waals surface area contributed by atoms with E-state index < -0.39 is 36.0 Å². The molecule has 1 amide bonds. The lowest BCUT2D eigenvalue weighted by atomic mass is 9.76. The number of hydrogen-bond donors (Lipinski definition) is 2. The van der Waals surface area contributed by atoms with Gasteiger partial charge in [-0.2, -0.15) is 0 Å². The van der Waals surface area contributed by atoms with Gasteiger partial charge >= 0.3 is 19.2 Å². The van der Waals surface area contributed by atoms with Crippen LogP contribution in [0.4, 0.5) is 10.5 Å². The van der Waals surface area contributed by atoms with E-state index in [-0.39, 0.29) is 6.54 Å². The van der Waals surface area contributed by atoms with Crippen molar-refractivity contribution in [3.05, 3.63) is 34.8 Å². The van der Waals surface area contributed by atoms with E-state index in [1.807, 2.05) is 27.7 Å². The molecule has 170 valence electrons.